The Kier molecular flexibility index (Phi) is 5.12. The summed E-state index contributed by atoms with van der Waals surface area (Å²) in [5.74, 6) is -0.990. The van der Waals surface area contributed by atoms with Gasteiger partial charge < -0.3 is 5.32 Å². The fraction of sp³-hybridized carbons (Fsp3) is 0.364. The molecule has 0 aliphatic rings. The number of benzene rings is 1. The molecule has 1 amide bonds. The van der Waals surface area contributed by atoms with Crippen LogP contribution in [0.2, 0.25) is 0 Å². The quantitative estimate of drug-likeness (QED) is 0.860. The predicted octanol–water partition coefficient (Wildman–Crippen LogP) is 1.28. The molecule has 0 saturated carbocycles. The number of hydrogen-bond donors (Lipinski definition) is 2. The van der Waals surface area contributed by atoms with Gasteiger partial charge in [0.1, 0.15) is 6.54 Å². The standard InChI is InChI=1S/C11H13F3N2O3S/c1-2-16-20(18,19)9-5-3-4-8(6-9)10(17)15-7-11(12,13)14/h3-6,16H,2,7H2,1H3,(H,15,17). The number of halogens is 3. The molecule has 0 spiro atoms. The van der Waals surface area contributed by atoms with E-state index in [4.69, 9.17) is 0 Å². The number of rotatable bonds is 5. The fourth-order valence-corrected chi connectivity index (χ4v) is 2.45. The first-order chi connectivity index (χ1) is 9.15. The molecule has 1 aromatic carbocycles. The zero-order chi connectivity index (χ0) is 15.4. The van der Waals surface area contributed by atoms with E-state index >= 15 is 0 Å². The molecule has 0 bridgehead atoms. The Balaban J connectivity index is 2.91. The van der Waals surface area contributed by atoms with Gasteiger partial charge in [-0.15, -0.1) is 0 Å². The highest BCUT2D eigenvalue weighted by atomic mass is 32.2. The Bertz CT molecular complexity index is 585. The topological polar surface area (TPSA) is 75.3 Å². The second-order valence-corrected chi connectivity index (χ2v) is 5.59. The molecular weight excluding hydrogens is 297 g/mol. The summed E-state index contributed by atoms with van der Waals surface area (Å²) in [5.41, 5.74) is -0.159. The van der Waals surface area contributed by atoms with Gasteiger partial charge >= 0.3 is 6.18 Å². The minimum Gasteiger partial charge on any atom is -0.343 e. The summed E-state index contributed by atoms with van der Waals surface area (Å²) in [7, 11) is -3.76. The second-order valence-electron chi connectivity index (χ2n) is 3.83. The number of carbonyl (C=O) groups excluding carboxylic acids is 1. The molecule has 0 fully saturated rings. The van der Waals surface area contributed by atoms with Gasteiger partial charge in [-0.3, -0.25) is 4.79 Å². The van der Waals surface area contributed by atoms with Crippen LogP contribution in [0.1, 0.15) is 17.3 Å². The molecule has 1 rings (SSSR count). The van der Waals surface area contributed by atoms with Crippen molar-refractivity contribution in [3.8, 4) is 0 Å². The summed E-state index contributed by atoms with van der Waals surface area (Å²) < 4.78 is 61.6. The number of hydrogen-bond acceptors (Lipinski definition) is 3. The van der Waals surface area contributed by atoms with Gasteiger partial charge in [-0.25, -0.2) is 13.1 Å². The number of sulfonamides is 1. The van der Waals surface area contributed by atoms with E-state index in [1.807, 2.05) is 0 Å². The van der Waals surface area contributed by atoms with Gasteiger partial charge in [0.05, 0.1) is 4.90 Å². The molecule has 9 heteroatoms. The maximum Gasteiger partial charge on any atom is 0.405 e. The molecule has 0 aliphatic heterocycles. The van der Waals surface area contributed by atoms with Crippen LogP contribution < -0.4 is 10.0 Å². The largest absolute Gasteiger partial charge is 0.405 e. The molecule has 0 atom stereocenters. The average molecular weight is 310 g/mol. The van der Waals surface area contributed by atoms with E-state index in [1.54, 1.807) is 12.2 Å². The Morgan fingerprint density at radius 3 is 2.50 bits per heavy atom. The maximum absolute atomic E-state index is 12.0. The summed E-state index contributed by atoms with van der Waals surface area (Å²) in [4.78, 5) is 11.3. The molecule has 5 nitrogen and oxygen atoms in total. The van der Waals surface area contributed by atoms with Crippen LogP contribution in [0.15, 0.2) is 29.2 Å². The molecule has 1 aromatic rings. The summed E-state index contributed by atoms with van der Waals surface area (Å²) in [6.45, 7) is 0.264. The molecule has 0 saturated heterocycles. The molecule has 0 radical (unpaired) electrons. The van der Waals surface area contributed by atoms with Crippen molar-refractivity contribution in [3.63, 3.8) is 0 Å². The van der Waals surface area contributed by atoms with Crippen LogP contribution in [0.5, 0.6) is 0 Å². The lowest BCUT2D eigenvalue weighted by Gasteiger charge is -2.09. The van der Waals surface area contributed by atoms with Crippen LogP contribution >= 0.6 is 0 Å². The first-order valence-corrected chi connectivity index (χ1v) is 7.08. The van der Waals surface area contributed by atoms with E-state index in [1.165, 1.54) is 18.2 Å². The van der Waals surface area contributed by atoms with Gasteiger partial charge in [-0.05, 0) is 18.2 Å². The normalized spacial score (nSPS) is 12.2. The SMILES string of the molecule is CCNS(=O)(=O)c1cccc(C(=O)NCC(F)(F)F)c1. The van der Waals surface area contributed by atoms with Crippen molar-refractivity contribution in [3.05, 3.63) is 29.8 Å². The third-order valence-corrected chi connectivity index (χ3v) is 3.73. The first kappa shape index (κ1) is 16.4. The van der Waals surface area contributed by atoms with Gasteiger partial charge in [-0.2, -0.15) is 13.2 Å². The van der Waals surface area contributed by atoms with E-state index in [9.17, 15) is 26.4 Å². The molecule has 112 valence electrons. The van der Waals surface area contributed by atoms with Crippen molar-refractivity contribution in [2.75, 3.05) is 13.1 Å². The molecule has 20 heavy (non-hydrogen) atoms. The summed E-state index contributed by atoms with van der Waals surface area (Å²) in [6, 6.07) is 4.78. The highest BCUT2D eigenvalue weighted by molar-refractivity contribution is 7.89. The number of amides is 1. The number of alkyl halides is 3. The third kappa shape index (κ3) is 4.82. The van der Waals surface area contributed by atoms with Crippen molar-refractivity contribution in [2.24, 2.45) is 0 Å². The Morgan fingerprint density at radius 2 is 1.95 bits per heavy atom. The predicted molar refractivity (Wildman–Crippen MR) is 65.7 cm³/mol. The molecule has 0 heterocycles. The molecular formula is C11H13F3N2O3S. The molecule has 2 N–H and O–H groups in total. The average Bonchev–Trinajstić information content (AvgIpc) is 2.35. The number of nitrogens with one attached hydrogen (secondary N) is 2. The van der Waals surface area contributed by atoms with Crippen molar-refractivity contribution in [1.82, 2.24) is 10.0 Å². The highest BCUT2D eigenvalue weighted by Gasteiger charge is 2.28. The van der Waals surface area contributed by atoms with E-state index in [0.29, 0.717) is 0 Å². The zero-order valence-electron chi connectivity index (χ0n) is 10.5. The van der Waals surface area contributed by atoms with Crippen LogP contribution in [-0.2, 0) is 10.0 Å². The summed E-state index contributed by atoms with van der Waals surface area (Å²) >= 11 is 0. The maximum atomic E-state index is 12.0. The third-order valence-electron chi connectivity index (χ3n) is 2.19. The molecule has 0 aromatic heterocycles. The van der Waals surface area contributed by atoms with Crippen LogP contribution in [0.3, 0.4) is 0 Å². The Morgan fingerprint density at radius 1 is 1.30 bits per heavy atom. The van der Waals surface area contributed by atoms with E-state index < -0.39 is 28.7 Å². The Labute approximate surface area is 114 Å². The first-order valence-electron chi connectivity index (χ1n) is 5.60. The van der Waals surface area contributed by atoms with E-state index in [-0.39, 0.29) is 17.0 Å². The number of carbonyl (C=O) groups is 1. The van der Waals surface area contributed by atoms with E-state index in [2.05, 4.69) is 4.72 Å². The zero-order valence-corrected chi connectivity index (χ0v) is 11.3. The molecule has 0 unspecified atom stereocenters. The van der Waals surface area contributed by atoms with Crippen LogP contribution in [-0.4, -0.2) is 33.6 Å². The van der Waals surface area contributed by atoms with Gasteiger partial charge in [0.25, 0.3) is 5.91 Å². The lowest BCUT2D eigenvalue weighted by atomic mass is 10.2. The minimum absolute atomic E-state index is 0.159. The van der Waals surface area contributed by atoms with Gasteiger partial charge in [0.2, 0.25) is 10.0 Å². The highest BCUT2D eigenvalue weighted by Crippen LogP contribution is 2.14. The monoisotopic (exact) mass is 310 g/mol. The minimum atomic E-state index is -4.52. The summed E-state index contributed by atoms with van der Waals surface area (Å²) in [5, 5.41) is 1.67. The van der Waals surface area contributed by atoms with E-state index in [0.717, 1.165) is 6.07 Å². The van der Waals surface area contributed by atoms with Gasteiger partial charge in [-0.1, -0.05) is 13.0 Å². The van der Waals surface area contributed by atoms with Gasteiger partial charge in [0.15, 0.2) is 0 Å². The molecule has 0 aliphatic carbocycles. The van der Waals surface area contributed by atoms with Crippen molar-refractivity contribution >= 4 is 15.9 Å². The second kappa shape index (κ2) is 6.23. The van der Waals surface area contributed by atoms with Crippen LogP contribution in [0.4, 0.5) is 13.2 Å². The van der Waals surface area contributed by atoms with Crippen LogP contribution in [0.25, 0.3) is 0 Å². The van der Waals surface area contributed by atoms with Crippen molar-refractivity contribution in [1.29, 1.82) is 0 Å². The van der Waals surface area contributed by atoms with Crippen LogP contribution in [0, 0.1) is 0 Å². The smallest absolute Gasteiger partial charge is 0.343 e. The van der Waals surface area contributed by atoms with Crippen molar-refractivity contribution in [2.45, 2.75) is 18.0 Å². The fourth-order valence-electron chi connectivity index (χ4n) is 1.36. The van der Waals surface area contributed by atoms with Crippen molar-refractivity contribution < 1.29 is 26.4 Å². The summed E-state index contributed by atoms with van der Waals surface area (Å²) in [6.07, 6.45) is -4.52. The lowest BCUT2D eigenvalue weighted by molar-refractivity contribution is -0.123. The van der Waals surface area contributed by atoms with Gasteiger partial charge in [0, 0.05) is 12.1 Å². The Hall–Kier alpha value is -1.61. The lowest BCUT2D eigenvalue weighted by Crippen LogP contribution is -2.33.